The maximum Gasteiger partial charge on any atom is 0.0544 e. The molecule has 2 N–H and O–H groups in total. The van der Waals surface area contributed by atoms with Crippen molar-refractivity contribution in [3.63, 3.8) is 0 Å². The van der Waals surface area contributed by atoms with Crippen LogP contribution in [0.15, 0.2) is 48.7 Å². The fraction of sp³-hybridized carbons (Fsp3) is 0.450. The molecule has 0 saturated heterocycles. The molecule has 3 nitrogen and oxygen atoms in total. The molecule has 3 heteroatoms. The Hall–Kier alpha value is -1.87. The molecule has 0 radical (unpaired) electrons. The Bertz CT molecular complexity index is 551. The summed E-state index contributed by atoms with van der Waals surface area (Å²) in [6.45, 7) is 6.39. The molecule has 0 saturated carbocycles. The second-order valence-electron chi connectivity index (χ2n) is 6.17. The summed E-state index contributed by atoms with van der Waals surface area (Å²) in [5.74, 6) is 0. The lowest BCUT2D eigenvalue weighted by molar-refractivity contribution is 0.159. The maximum atomic E-state index is 5.81. The number of hydrogen-bond donors (Lipinski definition) is 1. The highest BCUT2D eigenvalue weighted by Crippen LogP contribution is 2.19. The summed E-state index contributed by atoms with van der Waals surface area (Å²) in [6.07, 6.45) is 6.81. The van der Waals surface area contributed by atoms with Gasteiger partial charge in [-0.15, -0.1) is 0 Å². The summed E-state index contributed by atoms with van der Waals surface area (Å²) in [5.41, 5.74) is 9.08. The van der Waals surface area contributed by atoms with E-state index in [2.05, 4.69) is 48.0 Å². The molecule has 1 aromatic heterocycles. The van der Waals surface area contributed by atoms with Crippen LogP contribution in [0, 0.1) is 0 Å². The first-order chi connectivity index (χ1) is 11.2. The summed E-state index contributed by atoms with van der Waals surface area (Å²) >= 11 is 0. The van der Waals surface area contributed by atoms with Crippen LogP contribution in [0.3, 0.4) is 0 Å². The van der Waals surface area contributed by atoms with Crippen molar-refractivity contribution < 1.29 is 0 Å². The molecule has 0 aliphatic carbocycles. The van der Waals surface area contributed by atoms with Crippen LogP contribution in [0.25, 0.3) is 0 Å². The van der Waals surface area contributed by atoms with Gasteiger partial charge in [0.25, 0.3) is 0 Å². The van der Waals surface area contributed by atoms with E-state index in [-0.39, 0.29) is 0 Å². The minimum Gasteiger partial charge on any atom is -0.399 e. The molecule has 23 heavy (non-hydrogen) atoms. The third kappa shape index (κ3) is 5.68. The molecule has 1 heterocycles. The van der Waals surface area contributed by atoms with E-state index < -0.39 is 0 Å². The summed E-state index contributed by atoms with van der Waals surface area (Å²) in [5, 5.41) is 0. The fourth-order valence-electron chi connectivity index (χ4n) is 2.96. The zero-order valence-electron chi connectivity index (χ0n) is 14.4. The molecular formula is C20H29N3. The van der Waals surface area contributed by atoms with Crippen molar-refractivity contribution in [3.05, 3.63) is 59.9 Å². The number of unbranched alkanes of at least 4 members (excludes halogenated alkanes) is 1. The van der Waals surface area contributed by atoms with Crippen molar-refractivity contribution in [2.24, 2.45) is 0 Å². The molecule has 0 amide bonds. The molecule has 0 spiro atoms. The Balaban J connectivity index is 2.13. The van der Waals surface area contributed by atoms with E-state index in [1.54, 1.807) is 0 Å². The van der Waals surface area contributed by atoms with Crippen LogP contribution in [-0.2, 0) is 13.1 Å². The lowest BCUT2D eigenvalue weighted by Crippen LogP contribution is -2.34. The van der Waals surface area contributed by atoms with Gasteiger partial charge in [-0.25, -0.2) is 0 Å². The minimum atomic E-state index is 0.592. The van der Waals surface area contributed by atoms with Gasteiger partial charge in [-0.1, -0.05) is 44.9 Å². The molecule has 0 aliphatic heterocycles. The predicted octanol–water partition coefficient (Wildman–Crippen LogP) is 4.63. The molecule has 2 rings (SSSR count). The highest BCUT2D eigenvalue weighted by molar-refractivity contribution is 5.39. The molecule has 1 atom stereocenters. The molecule has 2 aromatic rings. The number of aromatic nitrogens is 1. The van der Waals surface area contributed by atoms with Crippen molar-refractivity contribution in [3.8, 4) is 0 Å². The standard InChI is InChI=1S/C20H29N3/c1-3-5-9-20(4-2)23(16-19-8-6-7-14-22-19)15-17-10-12-18(21)13-11-17/h6-8,10-14,20H,3-5,9,15-16,21H2,1-2H3. The predicted molar refractivity (Wildman–Crippen MR) is 97.9 cm³/mol. The average molecular weight is 311 g/mol. The molecule has 0 aliphatic rings. The number of nitrogens with zero attached hydrogens (tertiary/aromatic N) is 2. The summed E-state index contributed by atoms with van der Waals surface area (Å²) in [7, 11) is 0. The summed E-state index contributed by atoms with van der Waals surface area (Å²) < 4.78 is 0. The van der Waals surface area contributed by atoms with Crippen LogP contribution < -0.4 is 5.73 Å². The quantitative estimate of drug-likeness (QED) is 0.686. The number of anilines is 1. The van der Waals surface area contributed by atoms with Crippen LogP contribution in [0.2, 0.25) is 0 Å². The Kier molecular flexibility index (Phi) is 7.08. The number of nitrogen functional groups attached to an aromatic ring is 1. The normalized spacial score (nSPS) is 12.5. The largest absolute Gasteiger partial charge is 0.399 e. The van der Waals surface area contributed by atoms with Gasteiger partial charge >= 0.3 is 0 Å². The first-order valence-electron chi connectivity index (χ1n) is 8.71. The van der Waals surface area contributed by atoms with Crippen LogP contribution in [0.1, 0.15) is 50.8 Å². The third-order valence-electron chi connectivity index (χ3n) is 4.34. The van der Waals surface area contributed by atoms with E-state index >= 15 is 0 Å². The van der Waals surface area contributed by atoms with E-state index in [1.165, 1.54) is 31.2 Å². The van der Waals surface area contributed by atoms with Gasteiger partial charge in [-0.2, -0.15) is 0 Å². The van der Waals surface area contributed by atoms with Crippen molar-refractivity contribution in [2.45, 2.75) is 58.7 Å². The zero-order chi connectivity index (χ0) is 16.5. The number of hydrogen-bond acceptors (Lipinski definition) is 3. The van der Waals surface area contributed by atoms with Crippen LogP contribution in [0.4, 0.5) is 5.69 Å². The van der Waals surface area contributed by atoms with Gasteiger partial charge in [-0.05, 0) is 42.7 Å². The van der Waals surface area contributed by atoms with Gasteiger partial charge in [0, 0.05) is 31.0 Å². The Morgan fingerprint density at radius 2 is 1.83 bits per heavy atom. The second kappa shape index (κ2) is 9.31. The smallest absolute Gasteiger partial charge is 0.0544 e. The third-order valence-corrected chi connectivity index (χ3v) is 4.34. The molecule has 1 unspecified atom stereocenters. The maximum absolute atomic E-state index is 5.81. The molecule has 124 valence electrons. The van der Waals surface area contributed by atoms with Gasteiger partial charge in [0.2, 0.25) is 0 Å². The lowest BCUT2D eigenvalue weighted by Gasteiger charge is -2.31. The first-order valence-corrected chi connectivity index (χ1v) is 8.71. The van der Waals surface area contributed by atoms with Crippen LogP contribution in [0.5, 0.6) is 0 Å². The zero-order valence-corrected chi connectivity index (χ0v) is 14.4. The van der Waals surface area contributed by atoms with Crippen molar-refractivity contribution >= 4 is 5.69 Å². The Morgan fingerprint density at radius 1 is 1.04 bits per heavy atom. The number of rotatable bonds is 9. The Morgan fingerprint density at radius 3 is 2.43 bits per heavy atom. The first kappa shape index (κ1) is 17.5. The van der Waals surface area contributed by atoms with Crippen molar-refractivity contribution in [1.82, 2.24) is 9.88 Å². The van der Waals surface area contributed by atoms with E-state index in [0.29, 0.717) is 6.04 Å². The van der Waals surface area contributed by atoms with E-state index in [9.17, 15) is 0 Å². The minimum absolute atomic E-state index is 0.592. The van der Waals surface area contributed by atoms with Gasteiger partial charge in [-0.3, -0.25) is 9.88 Å². The number of pyridine rings is 1. The van der Waals surface area contributed by atoms with Gasteiger partial charge < -0.3 is 5.73 Å². The monoisotopic (exact) mass is 311 g/mol. The lowest BCUT2D eigenvalue weighted by atomic mass is 10.0. The molecular weight excluding hydrogens is 282 g/mol. The Labute approximate surface area is 140 Å². The number of nitrogens with two attached hydrogens (primary N) is 1. The van der Waals surface area contributed by atoms with E-state index in [4.69, 9.17) is 5.73 Å². The number of benzene rings is 1. The van der Waals surface area contributed by atoms with Gasteiger partial charge in [0.1, 0.15) is 0 Å². The fourth-order valence-corrected chi connectivity index (χ4v) is 2.96. The van der Waals surface area contributed by atoms with Gasteiger partial charge in [0.15, 0.2) is 0 Å². The molecule has 0 bridgehead atoms. The van der Waals surface area contributed by atoms with Crippen LogP contribution in [-0.4, -0.2) is 15.9 Å². The van der Waals surface area contributed by atoms with Gasteiger partial charge in [0.05, 0.1) is 5.69 Å². The van der Waals surface area contributed by atoms with Crippen molar-refractivity contribution in [2.75, 3.05) is 5.73 Å². The topological polar surface area (TPSA) is 42.1 Å². The highest BCUT2D eigenvalue weighted by Gasteiger charge is 2.17. The van der Waals surface area contributed by atoms with E-state index in [0.717, 1.165) is 24.5 Å². The highest BCUT2D eigenvalue weighted by atomic mass is 15.2. The summed E-state index contributed by atoms with van der Waals surface area (Å²) in [6, 6.07) is 15.0. The average Bonchev–Trinajstić information content (AvgIpc) is 2.58. The summed E-state index contributed by atoms with van der Waals surface area (Å²) in [4.78, 5) is 7.07. The molecule has 0 fully saturated rings. The van der Waals surface area contributed by atoms with Crippen molar-refractivity contribution in [1.29, 1.82) is 0 Å². The second-order valence-corrected chi connectivity index (χ2v) is 6.17. The SMILES string of the molecule is CCCCC(CC)N(Cc1ccc(N)cc1)Cc1ccccn1. The molecule has 1 aromatic carbocycles. The van der Waals surface area contributed by atoms with Crippen LogP contribution >= 0.6 is 0 Å². The van der Waals surface area contributed by atoms with E-state index in [1.807, 2.05) is 24.4 Å².